The Labute approximate surface area is 184 Å². The third kappa shape index (κ3) is 8.21. The van der Waals surface area contributed by atoms with Crippen LogP contribution in [0.25, 0.3) is 17.3 Å². The molecule has 2 rings (SSSR count). The maximum Gasteiger partial charge on any atom is 0.233 e. The Morgan fingerprint density at radius 2 is 1.90 bits per heavy atom. The van der Waals surface area contributed by atoms with Crippen LogP contribution in [0.2, 0.25) is 0 Å². The van der Waals surface area contributed by atoms with Gasteiger partial charge in [0.05, 0.1) is 11.8 Å². The number of rotatable bonds is 14. The van der Waals surface area contributed by atoms with Gasteiger partial charge in [-0.3, -0.25) is 0 Å². The molecule has 4 nitrogen and oxygen atoms in total. The van der Waals surface area contributed by atoms with E-state index < -0.39 is 11.6 Å². The zero-order valence-corrected chi connectivity index (χ0v) is 18.4. The van der Waals surface area contributed by atoms with Crippen LogP contribution in [-0.4, -0.2) is 29.5 Å². The smallest absolute Gasteiger partial charge is 0.233 e. The summed E-state index contributed by atoms with van der Waals surface area (Å²) in [6.45, 7) is 8.89. The van der Waals surface area contributed by atoms with Crippen molar-refractivity contribution in [2.45, 2.75) is 58.5 Å². The molecule has 0 N–H and O–H groups in total. The third-order valence-electron chi connectivity index (χ3n) is 4.81. The molecule has 1 aromatic heterocycles. The summed E-state index contributed by atoms with van der Waals surface area (Å²) in [4.78, 5) is 0. The Hall–Kier alpha value is -2.60. The highest BCUT2D eigenvalue weighted by molar-refractivity contribution is 5.63. The quantitative estimate of drug-likeness (QED) is 0.245. The lowest BCUT2D eigenvalue weighted by molar-refractivity contribution is 0.0566. The van der Waals surface area contributed by atoms with Gasteiger partial charge in [0.2, 0.25) is 5.88 Å². The van der Waals surface area contributed by atoms with E-state index in [9.17, 15) is 8.78 Å². The maximum absolute atomic E-state index is 14.6. The van der Waals surface area contributed by atoms with Crippen LogP contribution in [0, 0.1) is 11.6 Å². The van der Waals surface area contributed by atoms with Gasteiger partial charge in [0.15, 0.2) is 11.6 Å². The number of hydrogen-bond acceptors (Lipinski definition) is 4. The first-order chi connectivity index (χ1) is 15.1. The van der Waals surface area contributed by atoms with Gasteiger partial charge in [-0.25, -0.2) is 8.78 Å². The van der Waals surface area contributed by atoms with E-state index in [-0.39, 0.29) is 22.9 Å². The third-order valence-corrected chi connectivity index (χ3v) is 4.81. The lowest BCUT2D eigenvalue weighted by Gasteiger charge is -2.12. The molecule has 0 amide bonds. The largest absolute Gasteiger partial charge is 0.472 e. The van der Waals surface area contributed by atoms with Crippen molar-refractivity contribution in [2.24, 2.45) is 0 Å². The van der Waals surface area contributed by atoms with Crippen LogP contribution in [0.3, 0.4) is 0 Å². The zero-order valence-electron chi connectivity index (χ0n) is 18.4. The summed E-state index contributed by atoms with van der Waals surface area (Å²) in [5.41, 5.74) is 0.515. The lowest BCUT2D eigenvalue weighted by Crippen LogP contribution is -2.08. The number of ether oxygens (including phenoxy) is 2. The molecule has 1 atom stereocenters. The van der Waals surface area contributed by atoms with Crippen molar-refractivity contribution in [3.63, 3.8) is 0 Å². The summed E-state index contributed by atoms with van der Waals surface area (Å²) >= 11 is 0. The molecule has 0 saturated heterocycles. The van der Waals surface area contributed by atoms with Crippen LogP contribution in [0.1, 0.15) is 57.9 Å². The van der Waals surface area contributed by atoms with Crippen molar-refractivity contribution in [1.82, 2.24) is 10.2 Å². The molecule has 2 aromatic rings. The highest BCUT2D eigenvalue weighted by atomic mass is 19.2. The minimum absolute atomic E-state index is 0.0615. The van der Waals surface area contributed by atoms with Gasteiger partial charge < -0.3 is 9.47 Å². The number of nitrogens with zero attached hydrogens (tertiary/aromatic N) is 2. The SMILES string of the molecule is C=CCOc1ccc(-c2ccc(/C=C/CCCC(C)OCCCCC)c(F)c2F)nn1. The second kappa shape index (κ2) is 13.7. The second-order valence-electron chi connectivity index (χ2n) is 7.41. The molecule has 0 fully saturated rings. The van der Waals surface area contributed by atoms with Crippen molar-refractivity contribution in [2.75, 3.05) is 13.2 Å². The molecule has 168 valence electrons. The zero-order chi connectivity index (χ0) is 22.5. The molecule has 0 aliphatic carbocycles. The van der Waals surface area contributed by atoms with Crippen LogP contribution in [0.15, 0.2) is 43.0 Å². The predicted molar refractivity (Wildman–Crippen MR) is 121 cm³/mol. The predicted octanol–water partition coefficient (Wildman–Crippen LogP) is 6.77. The molecular formula is C25H32F2N2O2. The molecule has 0 spiro atoms. The Balaban J connectivity index is 1.88. The van der Waals surface area contributed by atoms with Crippen LogP contribution in [-0.2, 0) is 4.74 Å². The van der Waals surface area contributed by atoms with Crippen LogP contribution in [0.4, 0.5) is 8.78 Å². The monoisotopic (exact) mass is 430 g/mol. The normalized spacial score (nSPS) is 12.3. The van der Waals surface area contributed by atoms with Gasteiger partial charge in [0.25, 0.3) is 0 Å². The Bertz CT molecular complexity index is 838. The van der Waals surface area contributed by atoms with Crippen molar-refractivity contribution in [3.8, 4) is 17.1 Å². The second-order valence-corrected chi connectivity index (χ2v) is 7.41. The fourth-order valence-corrected chi connectivity index (χ4v) is 3.03. The van der Waals surface area contributed by atoms with Crippen molar-refractivity contribution >= 4 is 6.08 Å². The molecule has 0 aliphatic rings. The summed E-state index contributed by atoms with van der Waals surface area (Å²) < 4.78 is 40.1. The van der Waals surface area contributed by atoms with Gasteiger partial charge in [-0.05, 0) is 44.7 Å². The summed E-state index contributed by atoms with van der Waals surface area (Å²) in [7, 11) is 0. The summed E-state index contributed by atoms with van der Waals surface area (Å²) in [5, 5.41) is 7.79. The number of aromatic nitrogens is 2. The first-order valence-electron chi connectivity index (χ1n) is 10.9. The number of unbranched alkanes of at least 4 members (excludes halogenated alkanes) is 3. The summed E-state index contributed by atoms with van der Waals surface area (Å²) in [6.07, 6.45) is 11.4. The van der Waals surface area contributed by atoms with Crippen LogP contribution < -0.4 is 4.74 Å². The van der Waals surface area contributed by atoms with E-state index in [4.69, 9.17) is 9.47 Å². The minimum Gasteiger partial charge on any atom is -0.472 e. The van der Waals surface area contributed by atoms with E-state index in [1.165, 1.54) is 18.9 Å². The molecule has 1 aromatic carbocycles. The number of hydrogen-bond donors (Lipinski definition) is 0. The topological polar surface area (TPSA) is 44.2 Å². The van der Waals surface area contributed by atoms with Gasteiger partial charge in [0, 0.05) is 23.8 Å². The first kappa shape index (κ1) is 24.7. The summed E-state index contributed by atoms with van der Waals surface area (Å²) in [6, 6.07) is 6.17. The Morgan fingerprint density at radius 3 is 2.61 bits per heavy atom. The molecule has 0 radical (unpaired) electrons. The van der Waals surface area contributed by atoms with E-state index in [0.29, 0.717) is 12.5 Å². The van der Waals surface area contributed by atoms with Gasteiger partial charge in [-0.2, -0.15) is 0 Å². The van der Waals surface area contributed by atoms with Crippen LogP contribution >= 0.6 is 0 Å². The first-order valence-corrected chi connectivity index (χ1v) is 10.9. The molecular weight excluding hydrogens is 398 g/mol. The Kier molecular flexibility index (Phi) is 10.9. The van der Waals surface area contributed by atoms with Crippen molar-refractivity contribution in [1.29, 1.82) is 0 Å². The number of allylic oxidation sites excluding steroid dienone is 1. The fourth-order valence-electron chi connectivity index (χ4n) is 3.03. The molecule has 0 aliphatic heterocycles. The maximum atomic E-state index is 14.6. The molecule has 1 heterocycles. The van der Waals surface area contributed by atoms with E-state index >= 15 is 0 Å². The van der Waals surface area contributed by atoms with Gasteiger partial charge in [0.1, 0.15) is 6.61 Å². The average Bonchev–Trinajstić information content (AvgIpc) is 2.78. The number of benzene rings is 1. The molecule has 1 unspecified atom stereocenters. The van der Waals surface area contributed by atoms with Gasteiger partial charge in [-0.1, -0.05) is 50.6 Å². The van der Waals surface area contributed by atoms with Crippen molar-refractivity contribution in [3.05, 3.63) is 60.2 Å². The number of halogens is 2. The molecule has 0 saturated carbocycles. The van der Waals surface area contributed by atoms with Gasteiger partial charge >= 0.3 is 0 Å². The van der Waals surface area contributed by atoms with E-state index in [1.54, 1.807) is 30.4 Å². The molecule has 31 heavy (non-hydrogen) atoms. The standard InChI is InChI=1S/C25H32F2N2O2/c1-4-6-10-18-30-19(3)11-8-7-9-12-20-13-14-21(25(27)24(20)26)22-15-16-23(29-28-22)31-17-5-2/h5,9,12-16,19H,2,4,6-8,10-11,17-18H2,1,3H3/b12-9+. The van der Waals surface area contributed by atoms with Crippen molar-refractivity contribution < 1.29 is 18.3 Å². The average molecular weight is 431 g/mol. The lowest BCUT2D eigenvalue weighted by atomic mass is 10.1. The summed E-state index contributed by atoms with van der Waals surface area (Å²) in [5.74, 6) is -1.54. The van der Waals surface area contributed by atoms with E-state index in [0.717, 1.165) is 32.3 Å². The fraction of sp³-hybridized carbons (Fsp3) is 0.440. The van der Waals surface area contributed by atoms with E-state index in [2.05, 4.69) is 30.6 Å². The highest BCUT2D eigenvalue weighted by Crippen LogP contribution is 2.26. The van der Waals surface area contributed by atoms with Crippen LogP contribution in [0.5, 0.6) is 5.88 Å². The highest BCUT2D eigenvalue weighted by Gasteiger charge is 2.15. The minimum atomic E-state index is -0.940. The molecule has 6 heteroatoms. The Morgan fingerprint density at radius 1 is 1.06 bits per heavy atom. The van der Waals surface area contributed by atoms with E-state index in [1.807, 2.05) is 6.08 Å². The van der Waals surface area contributed by atoms with Gasteiger partial charge in [-0.15, -0.1) is 10.2 Å². The molecule has 0 bridgehead atoms.